The minimum Gasteiger partial charge on any atom is -0.494 e. The van der Waals surface area contributed by atoms with Crippen LogP contribution in [0.25, 0.3) is 21.3 Å². The second kappa shape index (κ2) is 8.54. The molecule has 4 rings (SSSR count). The summed E-state index contributed by atoms with van der Waals surface area (Å²) in [6.07, 6.45) is 1.57. The number of nitrogens with zero attached hydrogens (tertiary/aromatic N) is 2. The van der Waals surface area contributed by atoms with E-state index in [0.717, 1.165) is 32.1 Å². The zero-order valence-corrected chi connectivity index (χ0v) is 16.9. The summed E-state index contributed by atoms with van der Waals surface area (Å²) >= 11 is 3.05. The second-order valence-corrected chi connectivity index (χ2v) is 7.87. The molecule has 0 aliphatic carbocycles. The van der Waals surface area contributed by atoms with Gasteiger partial charge in [0.2, 0.25) is 0 Å². The predicted molar refractivity (Wildman–Crippen MR) is 116 cm³/mol. The van der Waals surface area contributed by atoms with Crippen LogP contribution in [0.3, 0.4) is 0 Å². The van der Waals surface area contributed by atoms with Crippen LogP contribution in [0, 0.1) is 0 Å². The molecule has 140 valence electrons. The van der Waals surface area contributed by atoms with E-state index in [9.17, 15) is 4.79 Å². The molecule has 4 nitrogen and oxygen atoms in total. The third kappa shape index (κ3) is 3.93. The number of aromatic nitrogens is 2. The third-order valence-electron chi connectivity index (χ3n) is 4.25. The Hall–Kier alpha value is -2.70. The molecule has 2 aromatic heterocycles. The molecule has 0 saturated heterocycles. The smallest absolute Gasteiger partial charge is 0.173 e. The second-order valence-electron chi connectivity index (χ2n) is 6.04. The Morgan fingerprint density at radius 2 is 1.86 bits per heavy atom. The number of ketones is 1. The van der Waals surface area contributed by atoms with Crippen molar-refractivity contribution in [3.63, 3.8) is 0 Å². The van der Waals surface area contributed by atoms with Gasteiger partial charge in [-0.1, -0.05) is 42.1 Å². The number of thioether (sulfide) groups is 1. The van der Waals surface area contributed by atoms with Crippen molar-refractivity contribution >= 4 is 39.1 Å². The van der Waals surface area contributed by atoms with Crippen molar-refractivity contribution < 1.29 is 9.53 Å². The van der Waals surface area contributed by atoms with E-state index in [2.05, 4.69) is 27.5 Å². The standard InChI is InChI=1S/C22H18N2O2S2/c1-2-26-17-10-8-16(9-11-17)19(25)13-28-22-20-18(15-6-4-3-5-7-15)12-27-21(20)23-14-24-22/h3-12,14H,2,13H2,1H3. The van der Waals surface area contributed by atoms with Crippen molar-refractivity contribution in [2.75, 3.05) is 12.4 Å². The summed E-state index contributed by atoms with van der Waals surface area (Å²) in [5, 5.41) is 3.96. The summed E-state index contributed by atoms with van der Waals surface area (Å²) in [6.45, 7) is 2.55. The number of rotatable bonds is 7. The predicted octanol–water partition coefficient (Wildman–Crippen LogP) is 5.73. The lowest BCUT2D eigenvalue weighted by Gasteiger charge is -2.06. The first kappa shape index (κ1) is 18.7. The fourth-order valence-electron chi connectivity index (χ4n) is 2.91. The van der Waals surface area contributed by atoms with Crippen LogP contribution < -0.4 is 4.74 Å². The van der Waals surface area contributed by atoms with E-state index in [1.165, 1.54) is 11.8 Å². The summed E-state index contributed by atoms with van der Waals surface area (Å²) in [7, 11) is 0. The Balaban J connectivity index is 1.56. The molecule has 6 heteroatoms. The average Bonchev–Trinajstić information content (AvgIpc) is 3.18. The van der Waals surface area contributed by atoms with Crippen molar-refractivity contribution in [1.82, 2.24) is 9.97 Å². The van der Waals surface area contributed by atoms with E-state index < -0.39 is 0 Å². The minimum atomic E-state index is 0.0660. The quantitative estimate of drug-likeness (QED) is 0.223. The number of carbonyl (C=O) groups excluding carboxylic acids is 1. The van der Waals surface area contributed by atoms with Crippen molar-refractivity contribution in [3.05, 3.63) is 71.9 Å². The Labute approximate surface area is 171 Å². The Kier molecular flexibility index (Phi) is 5.69. The van der Waals surface area contributed by atoms with E-state index in [1.807, 2.05) is 49.4 Å². The molecule has 28 heavy (non-hydrogen) atoms. The summed E-state index contributed by atoms with van der Waals surface area (Å²) < 4.78 is 5.43. The van der Waals surface area contributed by atoms with Gasteiger partial charge >= 0.3 is 0 Å². The summed E-state index contributed by atoms with van der Waals surface area (Å²) in [4.78, 5) is 22.4. The van der Waals surface area contributed by atoms with Crippen LogP contribution >= 0.6 is 23.1 Å². The van der Waals surface area contributed by atoms with Crippen molar-refractivity contribution in [3.8, 4) is 16.9 Å². The molecule has 0 atom stereocenters. The molecular formula is C22H18N2O2S2. The fourth-order valence-corrected chi connectivity index (χ4v) is 4.80. The lowest BCUT2D eigenvalue weighted by molar-refractivity contribution is 0.102. The molecular weight excluding hydrogens is 388 g/mol. The van der Waals surface area contributed by atoms with Crippen LogP contribution in [0.2, 0.25) is 0 Å². The minimum absolute atomic E-state index is 0.0660. The van der Waals surface area contributed by atoms with E-state index in [0.29, 0.717) is 17.9 Å². The number of thiophene rings is 1. The zero-order chi connectivity index (χ0) is 19.3. The molecule has 0 unspecified atom stereocenters. The van der Waals surface area contributed by atoms with Gasteiger partial charge in [0.05, 0.1) is 17.7 Å². The van der Waals surface area contributed by atoms with Gasteiger partial charge in [0.25, 0.3) is 0 Å². The molecule has 0 radical (unpaired) electrons. The summed E-state index contributed by atoms with van der Waals surface area (Å²) in [5.41, 5.74) is 2.91. The molecule has 0 bridgehead atoms. The molecule has 0 aliphatic heterocycles. The maximum atomic E-state index is 12.6. The van der Waals surface area contributed by atoms with Gasteiger partial charge in [0.1, 0.15) is 21.9 Å². The van der Waals surface area contributed by atoms with Crippen LogP contribution in [-0.2, 0) is 0 Å². The molecule has 0 N–H and O–H groups in total. The van der Waals surface area contributed by atoms with Crippen LogP contribution in [0.5, 0.6) is 5.75 Å². The van der Waals surface area contributed by atoms with Gasteiger partial charge < -0.3 is 4.74 Å². The SMILES string of the molecule is CCOc1ccc(C(=O)CSc2ncnc3scc(-c4ccccc4)c23)cc1. The van der Waals surface area contributed by atoms with E-state index in [4.69, 9.17) is 4.74 Å². The molecule has 0 fully saturated rings. The maximum Gasteiger partial charge on any atom is 0.173 e. The largest absolute Gasteiger partial charge is 0.494 e. The number of hydrogen-bond donors (Lipinski definition) is 0. The molecule has 2 heterocycles. The van der Waals surface area contributed by atoms with Crippen molar-refractivity contribution in [2.45, 2.75) is 11.9 Å². The highest BCUT2D eigenvalue weighted by Crippen LogP contribution is 2.37. The monoisotopic (exact) mass is 406 g/mol. The number of ether oxygens (including phenoxy) is 1. The first-order valence-corrected chi connectivity index (χ1v) is 10.8. The van der Waals surface area contributed by atoms with E-state index in [1.54, 1.807) is 17.7 Å². The van der Waals surface area contributed by atoms with Crippen LogP contribution in [-0.4, -0.2) is 28.1 Å². The van der Waals surface area contributed by atoms with Crippen molar-refractivity contribution in [2.24, 2.45) is 0 Å². The van der Waals surface area contributed by atoms with Gasteiger partial charge in [-0.05, 0) is 36.8 Å². The Morgan fingerprint density at radius 3 is 2.61 bits per heavy atom. The third-order valence-corrected chi connectivity index (χ3v) is 6.12. The average molecular weight is 407 g/mol. The number of carbonyl (C=O) groups is 1. The van der Waals surface area contributed by atoms with Gasteiger partial charge in [-0.25, -0.2) is 9.97 Å². The zero-order valence-electron chi connectivity index (χ0n) is 15.3. The number of fused-ring (bicyclic) bond motifs is 1. The van der Waals surface area contributed by atoms with Gasteiger partial charge in [-0.3, -0.25) is 4.79 Å². The molecule has 0 aliphatic rings. The fraction of sp³-hybridized carbons (Fsp3) is 0.136. The number of Topliss-reactive ketones (excluding diaryl/α,β-unsaturated/α-hetero) is 1. The van der Waals surface area contributed by atoms with Crippen LogP contribution in [0.4, 0.5) is 0 Å². The first-order chi connectivity index (χ1) is 13.8. The first-order valence-electron chi connectivity index (χ1n) is 8.92. The summed E-state index contributed by atoms with van der Waals surface area (Å²) in [5.74, 6) is 1.16. The highest BCUT2D eigenvalue weighted by atomic mass is 32.2. The lowest BCUT2D eigenvalue weighted by Crippen LogP contribution is -2.03. The number of hydrogen-bond acceptors (Lipinski definition) is 6. The highest BCUT2D eigenvalue weighted by molar-refractivity contribution is 8.00. The molecule has 2 aromatic carbocycles. The van der Waals surface area contributed by atoms with E-state index >= 15 is 0 Å². The van der Waals surface area contributed by atoms with E-state index in [-0.39, 0.29) is 5.78 Å². The molecule has 0 spiro atoms. The Morgan fingerprint density at radius 1 is 1.07 bits per heavy atom. The Bertz CT molecular complexity index is 1090. The molecule has 4 aromatic rings. The number of benzene rings is 2. The molecule has 0 amide bonds. The van der Waals surface area contributed by atoms with Crippen molar-refractivity contribution in [1.29, 1.82) is 0 Å². The lowest BCUT2D eigenvalue weighted by atomic mass is 10.1. The maximum absolute atomic E-state index is 12.6. The topological polar surface area (TPSA) is 52.1 Å². The summed E-state index contributed by atoms with van der Waals surface area (Å²) in [6, 6.07) is 17.5. The van der Waals surface area contributed by atoms with Crippen LogP contribution in [0.1, 0.15) is 17.3 Å². The van der Waals surface area contributed by atoms with Gasteiger partial charge in [0, 0.05) is 16.5 Å². The van der Waals surface area contributed by atoms with Gasteiger partial charge in [-0.15, -0.1) is 11.3 Å². The van der Waals surface area contributed by atoms with Gasteiger partial charge in [-0.2, -0.15) is 0 Å². The van der Waals surface area contributed by atoms with Crippen LogP contribution in [0.15, 0.2) is 71.3 Å². The normalized spacial score (nSPS) is 10.9. The van der Waals surface area contributed by atoms with Gasteiger partial charge in [0.15, 0.2) is 5.78 Å². The highest BCUT2D eigenvalue weighted by Gasteiger charge is 2.15. The molecule has 0 saturated carbocycles.